The molecule has 0 aromatic heterocycles. The van der Waals surface area contributed by atoms with Gasteiger partial charge in [-0.1, -0.05) is 29.3 Å². The van der Waals surface area contributed by atoms with E-state index in [9.17, 15) is 4.79 Å². The van der Waals surface area contributed by atoms with Crippen molar-refractivity contribution in [3.05, 3.63) is 33.8 Å². The van der Waals surface area contributed by atoms with Crippen LogP contribution in [0.2, 0.25) is 10.0 Å². The highest BCUT2D eigenvalue weighted by molar-refractivity contribution is 6.43. The summed E-state index contributed by atoms with van der Waals surface area (Å²) in [6, 6.07) is 4.99. The minimum absolute atomic E-state index is 0.0324. The first-order valence-electron chi connectivity index (χ1n) is 5.96. The Morgan fingerprint density at radius 3 is 2.94 bits per heavy atom. The molecule has 0 aliphatic carbocycles. The lowest BCUT2D eigenvalue weighted by molar-refractivity contribution is 0.0712. The summed E-state index contributed by atoms with van der Waals surface area (Å²) < 4.78 is 5.53. The maximum absolute atomic E-state index is 12.1. The fourth-order valence-corrected chi connectivity index (χ4v) is 2.44. The molecule has 98 valence electrons. The van der Waals surface area contributed by atoms with E-state index < -0.39 is 0 Å². The van der Waals surface area contributed by atoms with Gasteiger partial charge in [-0.3, -0.25) is 4.79 Å². The molecule has 0 radical (unpaired) electrons. The lowest BCUT2D eigenvalue weighted by Crippen LogP contribution is -2.40. The van der Waals surface area contributed by atoms with Crippen LogP contribution in [0, 0.1) is 0 Å². The van der Waals surface area contributed by atoms with Crippen molar-refractivity contribution in [2.45, 2.75) is 31.9 Å². The normalized spacial score (nSPS) is 20.7. The molecule has 1 aliphatic rings. The molecule has 1 heterocycles. The minimum Gasteiger partial charge on any atom is -0.376 e. The highest BCUT2D eigenvalue weighted by Crippen LogP contribution is 2.25. The Balaban J connectivity index is 2.05. The standard InChI is InChI=1S/C13H15Cl2NO2/c1-8(11-6-3-7-18-11)16-13(17)9-4-2-5-10(14)12(9)15/h2,4-5,8,11H,3,6-7H2,1H3,(H,16,17). The number of hydrogen-bond acceptors (Lipinski definition) is 2. The van der Waals surface area contributed by atoms with Crippen LogP contribution in [0.15, 0.2) is 18.2 Å². The number of hydrogen-bond donors (Lipinski definition) is 1. The summed E-state index contributed by atoms with van der Waals surface area (Å²) in [5.41, 5.74) is 0.397. The molecule has 0 bridgehead atoms. The fourth-order valence-electron chi connectivity index (χ4n) is 2.05. The first kappa shape index (κ1) is 13.7. The molecule has 0 saturated carbocycles. The van der Waals surface area contributed by atoms with Crippen LogP contribution >= 0.6 is 23.2 Å². The predicted octanol–water partition coefficient (Wildman–Crippen LogP) is 3.29. The Morgan fingerprint density at radius 2 is 2.28 bits per heavy atom. The molecule has 1 aromatic rings. The van der Waals surface area contributed by atoms with Gasteiger partial charge in [0.15, 0.2) is 0 Å². The predicted molar refractivity (Wildman–Crippen MR) is 72.4 cm³/mol. The lowest BCUT2D eigenvalue weighted by Gasteiger charge is -2.20. The molecule has 1 fully saturated rings. The second kappa shape index (κ2) is 5.91. The largest absolute Gasteiger partial charge is 0.376 e. The molecule has 2 rings (SSSR count). The van der Waals surface area contributed by atoms with Crippen molar-refractivity contribution in [1.29, 1.82) is 0 Å². The van der Waals surface area contributed by atoms with Crippen molar-refractivity contribution >= 4 is 29.1 Å². The first-order valence-corrected chi connectivity index (χ1v) is 6.71. The molecular formula is C13H15Cl2NO2. The van der Waals surface area contributed by atoms with E-state index in [1.165, 1.54) is 0 Å². The molecule has 1 aromatic carbocycles. The molecule has 1 N–H and O–H groups in total. The first-order chi connectivity index (χ1) is 8.59. The van der Waals surface area contributed by atoms with Gasteiger partial charge in [0.2, 0.25) is 0 Å². The molecule has 1 saturated heterocycles. The maximum atomic E-state index is 12.1. The number of ether oxygens (including phenoxy) is 1. The quantitative estimate of drug-likeness (QED) is 0.926. The third-order valence-corrected chi connectivity index (χ3v) is 3.90. The summed E-state index contributed by atoms with van der Waals surface area (Å²) in [6.07, 6.45) is 2.11. The van der Waals surface area contributed by atoms with Crippen molar-refractivity contribution < 1.29 is 9.53 Å². The van der Waals surface area contributed by atoms with E-state index >= 15 is 0 Å². The van der Waals surface area contributed by atoms with Crippen LogP contribution in [0.3, 0.4) is 0 Å². The number of nitrogens with one attached hydrogen (secondary N) is 1. The average Bonchev–Trinajstić information content (AvgIpc) is 2.86. The second-order valence-electron chi connectivity index (χ2n) is 4.41. The molecule has 1 aliphatic heterocycles. The van der Waals surface area contributed by atoms with Crippen molar-refractivity contribution in [2.24, 2.45) is 0 Å². The van der Waals surface area contributed by atoms with Gasteiger partial charge in [0, 0.05) is 6.61 Å². The molecule has 18 heavy (non-hydrogen) atoms. The summed E-state index contributed by atoms with van der Waals surface area (Å²) in [7, 11) is 0. The summed E-state index contributed by atoms with van der Waals surface area (Å²) in [5, 5.41) is 3.57. The molecular weight excluding hydrogens is 273 g/mol. The van der Waals surface area contributed by atoms with Crippen molar-refractivity contribution in [3.8, 4) is 0 Å². The summed E-state index contributed by atoms with van der Waals surface area (Å²) in [4.78, 5) is 12.1. The number of benzene rings is 1. The van der Waals surface area contributed by atoms with Crippen LogP contribution < -0.4 is 5.32 Å². The highest BCUT2D eigenvalue weighted by atomic mass is 35.5. The van der Waals surface area contributed by atoms with Crippen LogP contribution in [0.4, 0.5) is 0 Å². The van der Waals surface area contributed by atoms with E-state index in [-0.39, 0.29) is 23.1 Å². The zero-order valence-corrected chi connectivity index (χ0v) is 11.6. The zero-order chi connectivity index (χ0) is 13.1. The number of amides is 1. The van der Waals surface area contributed by atoms with Crippen molar-refractivity contribution in [3.63, 3.8) is 0 Å². The van der Waals surface area contributed by atoms with Crippen LogP contribution in [0.1, 0.15) is 30.1 Å². The third kappa shape index (κ3) is 2.97. The smallest absolute Gasteiger partial charge is 0.253 e. The minimum atomic E-state index is -0.217. The average molecular weight is 288 g/mol. The maximum Gasteiger partial charge on any atom is 0.253 e. The number of carbonyl (C=O) groups is 1. The van der Waals surface area contributed by atoms with E-state index in [2.05, 4.69) is 5.32 Å². The Hall–Kier alpha value is -0.770. The number of rotatable bonds is 3. The van der Waals surface area contributed by atoms with Crippen LogP contribution in [-0.2, 0) is 4.74 Å². The molecule has 2 unspecified atom stereocenters. The van der Waals surface area contributed by atoms with Crippen LogP contribution in [0.5, 0.6) is 0 Å². The topological polar surface area (TPSA) is 38.3 Å². The van der Waals surface area contributed by atoms with Crippen LogP contribution in [0.25, 0.3) is 0 Å². The van der Waals surface area contributed by atoms with Crippen LogP contribution in [-0.4, -0.2) is 24.7 Å². The molecule has 2 atom stereocenters. The van der Waals surface area contributed by atoms with Gasteiger partial charge in [0.05, 0.1) is 27.8 Å². The van der Waals surface area contributed by atoms with E-state index in [1.807, 2.05) is 6.92 Å². The van der Waals surface area contributed by atoms with Gasteiger partial charge in [-0.05, 0) is 31.9 Å². The highest BCUT2D eigenvalue weighted by Gasteiger charge is 2.24. The summed E-state index contributed by atoms with van der Waals surface area (Å²) >= 11 is 11.9. The SMILES string of the molecule is CC(NC(=O)c1cccc(Cl)c1Cl)C1CCCO1. The van der Waals surface area contributed by atoms with Gasteiger partial charge in [0.1, 0.15) is 0 Å². The molecule has 0 spiro atoms. The van der Waals surface area contributed by atoms with Gasteiger partial charge in [0.25, 0.3) is 5.91 Å². The van der Waals surface area contributed by atoms with Crippen molar-refractivity contribution in [2.75, 3.05) is 6.61 Å². The second-order valence-corrected chi connectivity index (χ2v) is 5.20. The number of carbonyl (C=O) groups excluding carboxylic acids is 1. The lowest BCUT2D eigenvalue weighted by atomic mass is 10.1. The van der Waals surface area contributed by atoms with Gasteiger partial charge >= 0.3 is 0 Å². The van der Waals surface area contributed by atoms with E-state index in [0.29, 0.717) is 10.6 Å². The van der Waals surface area contributed by atoms with Gasteiger partial charge in [-0.25, -0.2) is 0 Å². The summed E-state index contributed by atoms with van der Waals surface area (Å²) in [6.45, 7) is 2.70. The van der Waals surface area contributed by atoms with Crippen molar-refractivity contribution in [1.82, 2.24) is 5.32 Å². The van der Waals surface area contributed by atoms with Gasteiger partial charge in [-0.2, -0.15) is 0 Å². The Morgan fingerprint density at radius 1 is 1.50 bits per heavy atom. The van der Waals surface area contributed by atoms with E-state index in [0.717, 1.165) is 19.4 Å². The Labute approximate surface area is 116 Å². The van der Waals surface area contributed by atoms with Gasteiger partial charge < -0.3 is 10.1 Å². The van der Waals surface area contributed by atoms with E-state index in [4.69, 9.17) is 27.9 Å². The Kier molecular flexibility index (Phi) is 4.49. The molecule has 5 heteroatoms. The number of halogens is 2. The monoisotopic (exact) mass is 287 g/mol. The molecule has 1 amide bonds. The zero-order valence-electron chi connectivity index (χ0n) is 10.1. The fraction of sp³-hybridized carbons (Fsp3) is 0.462. The third-order valence-electron chi connectivity index (χ3n) is 3.08. The molecule has 3 nitrogen and oxygen atoms in total. The van der Waals surface area contributed by atoms with E-state index in [1.54, 1.807) is 18.2 Å². The summed E-state index contributed by atoms with van der Waals surface area (Å²) in [5.74, 6) is -0.217. The Bertz CT molecular complexity index is 445. The van der Waals surface area contributed by atoms with Gasteiger partial charge in [-0.15, -0.1) is 0 Å².